The molecule has 2 aliphatic heterocycles. The van der Waals surface area contributed by atoms with Gasteiger partial charge in [0.2, 0.25) is 0 Å². The molecular weight excluding hydrogens is 344 g/mol. The number of nitrogens with zero attached hydrogens (tertiary/aromatic N) is 3. The second-order valence-corrected chi connectivity index (χ2v) is 8.50. The number of nitrogens with two attached hydrogens (primary N) is 1. The van der Waals surface area contributed by atoms with Gasteiger partial charge in [-0.1, -0.05) is 6.08 Å². The minimum absolute atomic E-state index is 0.272. The van der Waals surface area contributed by atoms with Gasteiger partial charge in [-0.3, -0.25) is 14.5 Å². The maximum atomic E-state index is 12.5. The van der Waals surface area contributed by atoms with Gasteiger partial charge in [-0.15, -0.1) is 0 Å². The molecule has 1 aromatic rings. The predicted octanol–water partition coefficient (Wildman–Crippen LogP) is 1.98. The highest BCUT2D eigenvalue weighted by molar-refractivity contribution is 6.21. The van der Waals surface area contributed by atoms with E-state index >= 15 is 0 Å². The van der Waals surface area contributed by atoms with Gasteiger partial charge in [0.15, 0.2) is 0 Å². The molecule has 2 heterocycles. The summed E-state index contributed by atoms with van der Waals surface area (Å²) in [5, 5.41) is 11.8. The summed E-state index contributed by atoms with van der Waals surface area (Å²) in [5.41, 5.74) is 7.20. The molecule has 0 aliphatic carbocycles. The predicted molar refractivity (Wildman–Crippen MR) is 104 cm³/mol. The summed E-state index contributed by atoms with van der Waals surface area (Å²) in [4.78, 5) is 28.4. The molecule has 0 atom stereocenters. The third-order valence-electron chi connectivity index (χ3n) is 5.53. The molecule has 7 nitrogen and oxygen atoms in total. The number of hydrogen-bond donors (Lipinski definition) is 2. The summed E-state index contributed by atoms with van der Waals surface area (Å²) < 4.78 is 0. The minimum Gasteiger partial charge on any atom is -0.399 e. The van der Waals surface area contributed by atoms with Gasteiger partial charge in [0.25, 0.3) is 11.8 Å². The van der Waals surface area contributed by atoms with E-state index in [1.165, 1.54) is 9.96 Å². The topological polar surface area (TPSA) is 90.1 Å². The lowest BCUT2D eigenvalue weighted by Crippen LogP contribution is -2.49. The van der Waals surface area contributed by atoms with Crippen molar-refractivity contribution in [3.63, 3.8) is 0 Å². The fourth-order valence-electron chi connectivity index (χ4n) is 3.91. The molecule has 0 saturated heterocycles. The number of hydroxylamine groups is 2. The van der Waals surface area contributed by atoms with E-state index in [1.54, 1.807) is 18.2 Å². The highest BCUT2D eigenvalue weighted by Gasteiger charge is 2.45. The number of anilines is 1. The van der Waals surface area contributed by atoms with Crippen LogP contribution in [0.4, 0.5) is 5.69 Å². The lowest BCUT2D eigenvalue weighted by Gasteiger charge is -2.37. The number of carbonyl (C=O) groups excluding carboxylic acids is 2. The summed E-state index contributed by atoms with van der Waals surface area (Å²) in [6.45, 7) is 9.39. The molecule has 1 aromatic carbocycles. The van der Waals surface area contributed by atoms with Crippen LogP contribution in [-0.2, 0) is 0 Å². The zero-order valence-electron chi connectivity index (χ0n) is 16.6. The second kappa shape index (κ2) is 6.44. The van der Waals surface area contributed by atoms with Gasteiger partial charge in [-0.25, -0.2) is 0 Å². The Labute approximate surface area is 160 Å². The van der Waals surface area contributed by atoms with Crippen LogP contribution >= 0.6 is 0 Å². The molecule has 146 valence electrons. The first-order valence-corrected chi connectivity index (χ1v) is 9.11. The van der Waals surface area contributed by atoms with E-state index in [0.717, 1.165) is 5.57 Å². The van der Waals surface area contributed by atoms with Crippen molar-refractivity contribution in [2.75, 3.05) is 32.4 Å². The molecule has 0 unspecified atom stereocenters. The SMILES string of the molecule is CN(CCN1C(=O)c2ccc(N)cc2C1=O)CC1=CC(C)(C)N(O)C1(C)C. The molecule has 3 rings (SSSR count). The van der Waals surface area contributed by atoms with Crippen molar-refractivity contribution in [3.8, 4) is 0 Å². The third-order valence-corrected chi connectivity index (χ3v) is 5.53. The van der Waals surface area contributed by atoms with Crippen molar-refractivity contribution < 1.29 is 14.8 Å². The van der Waals surface area contributed by atoms with Crippen LogP contribution in [0.3, 0.4) is 0 Å². The molecule has 2 aliphatic rings. The Morgan fingerprint density at radius 3 is 2.33 bits per heavy atom. The summed E-state index contributed by atoms with van der Waals surface area (Å²) >= 11 is 0. The number of likely N-dealkylation sites (N-methyl/N-ethyl adjacent to an activating group) is 1. The van der Waals surface area contributed by atoms with Crippen molar-refractivity contribution in [1.82, 2.24) is 14.9 Å². The van der Waals surface area contributed by atoms with Crippen molar-refractivity contribution in [3.05, 3.63) is 41.0 Å². The van der Waals surface area contributed by atoms with Crippen LogP contribution in [0.5, 0.6) is 0 Å². The Morgan fingerprint density at radius 1 is 1.11 bits per heavy atom. The van der Waals surface area contributed by atoms with E-state index in [-0.39, 0.29) is 11.8 Å². The lowest BCUT2D eigenvalue weighted by atomic mass is 9.96. The zero-order valence-corrected chi connectivity index (χ0v) is 16.6. The van der Waals surface area contributed by atoms with Crippen molar-refractivity contribution in [2.45, 2.75) is 38.8 Å². The van der Waals surface area contributed by atoms with Crippen LogP contribution in [0, 0.1) is 0 Å². The molecular formula is C20H28N4O3. The molecule has 27 heavy (non-hydrogen) atoms. The molecule has 0 aromatic heterocycles. The smallest absolute Gasteiger partial charge is 0.261 e. The number of hydrogen-bond acceptors (Lipinski definition) is 6. The van der Waals surface area contributed by atoms with E-state index in [1.807, 2.05) is 34.7 Å². The van der Waals surface area contributed by atoms with Crippen LogP contribution in [-0.4, -0.2) is 69.6 Å². The number of benzene rings is 1. The quantitative estimate of drug-likeness (QED) is 0.467. The average Bonchev–Trinajstić information content (AvgIpc) is 2.89. The van der Waals surface area contributed by atoms with E-state index in [4.69, 9.17) is 5.73 Å². The van der Waals surface area contributed by atoms with Gasteiger partial charge in [0.05, 0.1) is 22.2 Å². The Hall–Kier alpha value is -2.22. The van der Waals surface area contributed by atoms with E-state index in [2.05, 4.69) is 11.0 Å². The number of amides is 2. The minimum atomic E-state index is -0.467. The maximum Gasteiger partial charge on any atom is 0.261 e. The molecule has 0 saturated carbocycles. The van der Waals surface area contributed by atoms with Crippen molar-refractivity contribution in [1.29, 1.82) is 0 Å². The lowest BCUT2D eigenvalue weighted by molar-refractivity contribution is -0.185. The van der Waals surface area contributed by atoms with E-state index in [0.29, 0.717) is 36.4 Å². The normalized spacial score (nSPS) is 21.1. The van der Waals surface area contributed by atoms with Crippen LogP contribution in [0.1, 0.15) is 48.4 Å². The highest BCUT2D eigenvalue weighted by atomic mass is 16.5. The van der Waals surface area contributed by atoms with E-state index < -0.39 is 11.1 Å². The largest absolute Gasteiger partial charge is 0.399 e. The molecule has 0 spiro atoms. The Bertz CT molecular complexity index is 829. The monoisotopic (exact) mass is 372 g/mol. The average molecular weight is 372 g/mol. The van der Waals surface area contributed by atoms with Crippen molar-refractivity contribution in [2.24, 2.45) is 0 Å². The molecule has 0 bridgehead atoms. The molecule has 3 N–H and O–H groups in total. The number of imide groups is 1. The fourth-order valence-corrected chi connectivity index (χ4v) is 3.91. The van der Waals surface area contributed by atoms with Gasteiger partial charge in [-0.05, 0) is 58.5 Å². The highest BCUT2D eigenvalue weighted by Crippen LogP contribution is 2.38. The molecule has 2 amide bonds. The van der Waals surface area contributed by atoms with E-state index in [9.17, 15) is 14.8 Å². The van der Waals surface area contributed by atoms with Crippen molar-refractivity contribution >= 4 is 17.5 Å². The molecule has 0 fully saturated rings. The van der Waals surface area contributed by atoms with Gasteiger partial charge >= 0.3 is 0 Å². The summed E-state index contributed by atoms with van der Waals surface area (Å²) in [6, 6.07) is 4.80. The first-order valence-electron chi connectivity index (χ1n) is 9.11. The Morgan fingerprint density at radius 2 is 1.74 bits per heavy atom. The molecule has 0 radical (unpaired) electrons. The number of carbonyl (C=O) groups is 2. The molecule has 7 heteroatoms. The first-order chi connectivity index (χ1) is 12.4. The van der Waals surface area contributed by atoms with Crippen LogP contribution in [0.15, 0.2) is 29.8 Å². The Balaban J connectivity index is 1.65. The number of rotatable bonds is 5. The number of nitrogen functional groups attached to an aromatic ring is 1. The van der Waals surface area contributed by atoms with Gasteiger partial charge < -0.3 is 15.8 Å². The zero-order chi connectivity index (χ0) is 20.1. The van der Waals surface area contributed by atoms with Gasteiger partial charge in [0.1, 0.15) is 0 Å². The summed E-state index contributed by atoms with van der Waals surface area (Å²) in [7, 11) is 1.94. The first kappa shape index (κ1) is 19.5. The van der Waals surface area contributed by atoms with Crippen LogP contribution in [0.25, 0.3) is 0 Å². The number of fused-ring (bicyclic) bond motifs is 1. The standard InChI is InChI=1S/C20H28N4O3/c1-19(2)11-13(20(3,4)24(19)27)12-22(5)8-9-23-17(25)15-7-6-14(21)10-16(15)18(23)26/h6-7,10-11,27H,8-9,12,21H2,1-5H3. The third kappa shape index (κ3) is 3.26. The van der Waals surface area contributed by atoms with Gasteiger partial charge in [-0.2, -0.15) is 5.06 Å². The second-order valence-electron chi connectivity index (χ2n) is 8.50. The van der Waals surface area contributed by atoms with Crippen LogP contribution < -0.4 is 5.73 Å². The van der Waals surface area contributed by atoms with Crippen LogP contribution in [0.2, 0.25) is 0 Å². The summed E-state index contributed by atoms with van der Waals surface area (Å²) in [6.07, 6.45) is 2.08. The summed E-state index contributed by atoms with van der Waals surface area (Å²) in [5.74, 6) is -0.565. The van der Waals surface area contributed by atoms with Gasteiger partial charge in [0, 0.05) is 25.3 Å². The Kier molecular flexibility index (Phi) is 4.66. The maximum absolute atomic E-state index is 12.5. The fraction of sp³-hybridized carbons (Fsp3) is 0.500.